The van der Waals surface area contributed by atoms with Crippen molar-refractivity contribution in [2.24, 2.45) is 0 Å². The Morgan fingerprint density at radius 2 is 0.608 bits per heavy atom. The third-order valence-electron chi connectivity index (χ3n) is 5.28. The van der Waals surface area contributed by atoms with Crippen molar-refractivity contribution in [3.8, 4) is 0 Å². The second kappa shape index (κ2) is 19.2. The number of fused-ring (bicyclic) bond motifs is 1. The largest absolute Gasteiger partial charge is 0.481 e. The summed E-state index contributed by atoms with van der Waals surface area (Å²) in [6, 6.07) is 0. The first-order valence-electron chi connectivity index (χ1n) is 12.6. The van der Waals surface area contributed by atoms with E-state index in [0.29, 0.717) is 0 Å². The van der Waals surface area contributed by atoms with Crippen LogP contribution in [0.1, 0.15) is 38.5 Å². The summed E-state index contributed by atoms with van der Waals surface area (Å²) in [5.41, 5.74) is -9.87. The molecule has 0 radical (unpaired) electrons. The Morgan fingerprint density at radius 3 is 0.804 bits per heavy atom. The Hall–Kier alpha value is -6.94. The first-order chi connectivity index (χ1) is 23.0. The van der Waals surface area contributed by atoms with E-state index >= 15 is 0 Å². The molecule has 0 aromatic carbocycles. The fraction of sp³-hybridized carbons (Fsp3) is 0.391. The van der Waals surface area contributed by atoms with Crippen LogP contribution in [0.15, 0.2) is 14.4 Å². The van der Waals surface area contributed by atoms with Crippen molar-refractivity contribution in [3.63, 3.8) is 0 Å². The molecule has 2 rings (SSSR count). The van der Waals surface area contributed by atoms with Crippen molar-refractivity contribution in [3.05, 3.63) is 31.3 Å². The van der Waals surface area contributed by atoms with E-state index in [4.69, 9.17) is 61.3 Å². The molecular weight excluding hydrogens is 716 g/mol. The van der Waals surface area contributed by atoms with Crippen LogP contribution in [0.3, 0.4) is 0 Å². The summed E-state index contributed by atoms with van der Waals surface area (Å²) in [5.74, 6) is -15.1. The lowest BCUT2D eigenvalue weighted by Crippen LogP contribution is -2.42. The Bertz CT molecular complexity index is 1660. The lowest BCUT2D eigenvalue weighted by Gasteiger charge is -2.18. The van der Waals surface area contributed by atoms with Crippen LogP contribution in [0.4, 0.5) is 0 Å². The Kier molecular flexibility index (Phi) is 17.3. The van der Waals surface area contributed by atoms with E-state index in [2.05, 4.69) is 15.0 Å². The van der Waals surface area contributed by atoms with Crippen molar-refractivity contribution in [2.75, 3.05) is 0 Å². The van der Waals surface area contributed by atoms with Crippen molar-refractivity contribution in [1.82, 2.24) is 19.9 Å². The highest BCUT2D eigenvalue weighted by Gasteiger charge is 2.42. The van der Waals surface area contributed by atoms with Crippen LogP contribution in [0.25, 0.3) is 11.2 Å². The minimum atomic E-state index is -2.74. The summed E-state index contributed by atoms with van der Waals surface area (Å²) in [7, 11) is 0. The number of aromatic amines is 4. The number of aliphatic hydroxyl groups is 3. The van der Waals surface area contributed by atoms with Crippen LogP contribution in [0.5, 0.6) is 0 Å². The topological polar surface area (TPSA) is 511 Å². The molecule has 2 aromatic heterocycles. The van der Waals surface area contributed by atoms with Crippen LogP contribution in [0, 0.1) is 0 Å². The molecule has 0 fully saturated rings. The van der Waals surface area contributed by atoms with E-state index < -0.39 is 126 Å². The zero-order valence-corrected chi connectivity index (χ0v) is 25.0. The van der Waals surface area contributed by atoms with Crippen molar-refractivity contribution >= 4 is 64.9 Å². The molecule has 0 spiro atoms. The minimum absolute atomic E-state index is 0.0413. The molecule has 28 nitrogen and oxygen atoms in total. The Labute approximate surface area is 276 Å². The number of carboxylic acids is 9. The molecule has 0 bridgehead atoms. The summed E-state index contributed by atoms with van der Waals surface area (Å²) in [4.78, 5) is 132. The zero-order chi connectivity index (χ0) is 40.7. The predicted octanol–water partition coefficient (Wildman–Crippen LogP) is -5.51. The minimum Gasteiger partial charge on any atom is -0.481 e. The number of H-pyrrole nitrogens is 4. The summed E-state index contributed by atoms with van der Waals surface area (Å²) in [5, 5.41) is 101. The fourth-order valence-electron chi connectivity index (χ4n) is 3.10. The molecule has 2 heterocycles. The number of nitrogens with one attached hydrogen (secondary N) is 4. The predicted molar refractivity (Wildman–Crippen MR) is 151 cm³/mol. The van der Waals surface area contributed by atoms with Gasteiger partial charge in [-0.3, -0.25) is 53.5 Å². The fourth-order valence-corrected chi connectivity index (χ4v) is 3.10. The molecule has 51 heavy (non-hydrogen) atoms. The molecule has 0 amide bonds. The molecule has 0 saturated carbocycles. The smallest absolute Gasteiger partial charge is 0.336 e. The van der Waals surface area contributed by atoms with Crippen LogP contribution in [-0.4, -0.2) is 152 Å². The third-order valence-corrected chi connectivity index (χ3v) is 5.28. The van der Waals surface area contributed by atoms with E-state index in [0.717, 1.165) is 0 Å². The summed E-state index contributed by atoms with van der Waals surface area (Å²) >= 11 is 0. The molecule has 16 N–H and O–H groups in total. The highest BCUT2D eigenvalue weighted by atomic mass is 16.4. The first-order valence-corrected chi connectivity index (χ1v) is 12.6. The molecule has 0 unspecified atom stereocenters. The highest BCUT2D eigenvalue weighted by molar-refractivity contribution is 5.89. The van der Waals surface area contributed by atoms with E-state index in [-0.39, 0.29) is 11.2 Å². The van der Waals surface area contributed by atoms with Crippen molar-refractivity contribution in [2.45, 2.75) is 55.3 Å². The summed E-state index contributed by atoms with van der Waals surface area (Å²) in [6.45, 7) is 0. The molecule has 0 atom stereocenters. The van der Waals surface area contributed by atoms with E-state index in [9.17, 15) is 57.5 Å². The second-order valence-corrected chi connectivity index (χ2v) is 9.67. The molecular formula is C23H28N4O24. The van der Waals surface area contributed by atoms with Gasteiger partial charge in [-0.1, -0.05) is 0 Å². The number of aromatic nitrogens is 4. The maximum absolute atomic E-state index is 10.9. The van der Waals surface area contributed by atoms with Crippen molar-refractivity contribution < 1.29 is 104 Å². The number of hydrogen-bond acceptors (Lipinski definition) is 15. The monoisotopic (exact) mass is 744 g/mol. The molecule has 2 aromatic rings. The molecule has 0 aliphatic rings. The number of rotatable bonds is 15. The molecule has 0 saturated heterocycles. The number of imidazole rings is 1. The van der Waals surface area contributed by atoms with Crippen LogP contribution in [0.2, 0.25) is 0 Å². The van der Waals surface area contributed by atoms with Gasteiger partial charge in [0.25, 0.3) is 5.56 Å². The van der Waals surface area contributed by atoms with Gasteiger partial charge in [-0.25, -0.2) is 24.0 Å². The average molecular weight is 744 g/mol. The van der Waals surface area contributed by atoms with Crippen molar-refractivity contribution in [1.29, 1.82) is 0 Å². The van der Waals surface area contributed by atoms with Crippen LogP contribution < -0.4 is 16.9 Å². The Balaban J connectivity index is 0. The molecule has 28 heteroatoms. The van der Waals surface area contributed by atoms with E-state index in [1.54, 1.807) is 0 Å². The number of hydrogen-bond donors (Lipinski definition) is 16. The van der Waals surface area contributed by atoms with Gasteiger partial charge in [0.15, 0.2) is 16.8 Å². The molecule has 284 valence electrons. The van der Waals surface area contributed by atoms with Crippen LogP contribution in [-0.2, 0) is 43.2 Å². The third kappa shape index (κ3) is 17.2. The second-order valence-electron chi connectivity index (χ2n) is 9.67. The summed E-state index contributed by atoms with van der Waals surface area (Å²) < 4.78 is 0. The number of carbonyl (C=O) groups is 9. The summed E-state index contributed by atoms with van der Waals surface area (Å²) in [6.07, 6.45) is -6.87. The van der Waals surface area contributed by atoms with Gasteiger partial charge in [-0.15, -0.1) is 0 Å². The standard InChI is InChI=1S/3C6H8O7.C5H4N4O3/c3*7-3(8)1-6(13,5(11)12)2-4(9)10;10-3-1-2(7-4(11)6-1)8-5(12)9-3/h3*13H,1-2H2,(H,7,8)(H,9,10)(H,11,12);(H4,6,7,8,9,10,11,12). The van der Waals surface area contributed by atoms with Crippen LogP contribution >= 0.6 is 0 Å². The normalized spacial score (nSPS) is 10.8. The lowest BCUT2D eigenvalue weighted by molar-refractivity contribution is -0.170. The van der Waals surface area contributed by atoms with Gasteiger partial charge < -0.3 is 61.3 Å². The van der Waals surface area contributed by atoms with E-state index in [1.807, 2.05) is 4.98 Å². The van der Waals surface area contributed by atoms with Gasteiger partial charge in [-0.05, 0) is 0 Å². The molecule has 0 aliphatic heterocycles. The van der Waals surface area contributed by atoms with Gasteiger partial charge in [0, 0.05) is 0 Å². The van der Waals surface area contributed by atoms with Gasteiger partial charge in [0.05, 0.1) is 38.5 Å². The van der Waals surface area contributed by atoms with E-state index in [1.165, 1.54) is 0 Å². The maximum Gasteiger partial charge on any atom is 0.336 e. The number of aliphatic carboxylic acids is 9. The quantitative estimate of drug-likeness (QED) is 0.0808. The maximum atomic E-state index is 10.9. The van der Waals surface area contributed by atoms with Gasteiger partial charge in [0.1, 0.15) is 11.2 Å². The highest BCUT2D eigenvalue weighted by Crippen LogP contribution is 2.17. The molecule has 0 aliphatic carbocycles. The number of carboxylic acid groups (broad SMARTS) is 9. The van der Waals surface area contributed by atoms with Gasteiger partial charge >= 0.3 is 65.1 Å². The zero-order valence-electron chi connectivity index (χ0n) is 25.0. The van der Waals surface area contributed by atoms with Gasteiger partial charge in [-0.2, -0.15) is 0 Å². The average Bonchev–Trinajstić information content (AvgIpc) is 3.27. The van der Waals surface area contributed by atoms with Gasteiger partial charge in [0.2, 0.25) is 0 Å². The SMILES string of the molecule is O=C(O)CC(O)(CC(=O)O)C(=O)O.O=C(O)CC(O)(CC(=O)O)C(=O)O.O=C(O)CC(O)(CC(=O)O)C(=O)O.O=c1[nH]c(=O)c2[nH]c(=O)[nH]c2[nH]1. The first kappa shape index (κ1) is 46.2. The Morgan fingerprint density at radius 1 is 0.392 bits per heavy atom. The lowest BCUT2D eigenvalue weighted by atomic mass is 9.96.